The average molecular weight is 1110 g/mol. The number of ether oxygens (including phenoxy) is 6. The highest BCUT2D eigenvalue weighted by atomic mass is 16.7. The Balaban J connectivity index is 1.26. The summed E-state index contributed by atoms with van der Waals surface area (Å²) in [5.74, 6) is -8.43. The Kier molecular flexibility index (Phi) is 22.6. The summed E-state index contributed by atoms with van der Waals surface area (Å²) in [5, 5.41) is 27.5. The molecule has 4 N–H and O–H groups in total. The van der Waals surface area contributed by atoms with Crippen molar-refractivity contribution in [3.05, 3.63) is 89.5 Å². The molecule has 1 saturated carbocycles. The number of benzene rings is 2. The van der Waals surface area contributed by atoms with E-state index in [9.17, 15) is 43.8 Å². The van der Waals surface area contributed by atoms with E-state index < -0.39 is 102 Å². The molecule has 440 valence electrons. The SMILES string of the molecule is CCC1/C=C(\C)CC(C)CC(OC)C2OC(O)(C(=O)C(=O)N3CCCCC3C(=O)OC(C(C)=CC3CCC(NC(=O)C(C)(C)OC(=O)N[C@@H](Cc4ccccc4)C(=O)O)C(Oc4ccccc4)C3)C(C)CCC1=O)C(C)CC2OC. The molecule has 3 amide bonds. The number of fused-ring (bicyclic) bond motifs is 3. The van der Waals surface area contributed by atoms with Crippen molar-refractivity contribution in [2.45, 2.75) is 199 Å². The van der Waals surface area contributed by atoms with Crippen LogP contribution in [0.1, 0.15) is 138 Å². The molecule has 0 spiro atoms. The third-order valence-electron chi connectivity index (χ3n) is 16.6. The highest BCUT2D eigenvalue weighted by molar-refractivity contribution is 6.39. The van der Waals surface area contributed by atoms with Gasteiger partial charge < -0.3 is 54.2 Å². The zero-order valence-electron chi connectivity index (χ0n) is 48.5. The number of esters is 1. The van der Waals surface area contributed by atoms with Gasteiger partial charge in [-0.1, -0.05) is 94.0 Å². The van der Waals surface area contributed by atoms with Crippen molar-refractivity contribution in [2.24, 2.45) is 29.6 Å². The van der Waals surface area contributed by atoms with Crippen molar-refractivity contribution in [3.8, 4) is 5.75 Å². The van der Waals surface area contributed by atoms with Crippen molar-refractivity contribution in [2.75, 3.05) is 20.8 Å². The molecule has 13 unspecified atom stereocenters. The normalized spacial score (nSPS) is 31.9. The number of cyclic esters (lactones) is 1. The van der Waals surface area contributed by atoms with E-state index in [-0.39, 0.29) is 61.7 Å². The number of Topliss-reactive ketones (excluding diaryl/α,β-unsaturated/α-hetero) is 2. The molecule has 2 aromatic carbocycles. The van der Waals surface area contributed by atoms with Crippen molar-refractivity contribution in [1.29, 1.82) is 0 Å². The fraction of sp³-hybridized carbons (Fsp3) is 0.629. The van der Waals surface area contributed by atoms with Gasteiger partial charge in [-0.3, -0.25) is 19.2 Å². The fourth-order valence-electron chi connectivity index (χ4n) is 12.0. The van der Waals surface area contributed by atoms with Crippen LogP contribution in [0.5, 0.6) is 5.75 Å². The minimum absolute atomic E-state index is 0.00308. The molecule has 18 nitrogen and oxygen atoms in total. The van der Waals surface area contributed by atoms with Crippen LogP contribution in [-0.2, 0) is 58.9 Å². The fourth-order valence-corrected chi connectivity index (χ4v) is 12.0. The second kappa shape index (κ2) is 28.6. The van der Waals surface area contributed by atoms with E-state index in [1.54, 1.807) is 37.3 Å². The maximum absolute atomic E-state index is 14.7. The molecule has 6 rings (SSSR count). The molecular weight excluding hydrogens is 1030 g/mol. The smallest absolute Gasteiger partial charge is 0.408 e. The second-order valence-electron chi connectivity index (χ2n) is 23.4. The molecule has 2 saturated heterocycles. The number of para-hydroxylation sites is 1. The van der Waals surface area contributed by atoms with Crippen molar-refractivity contribution in [1.82, 2.24) is 15.5 Å². The van der Waals surface area contributed by atoms with Crippen LogP contribution in [0, 0.1) is 29.6 Å². The highest BCUT2D eigenvalue weighted by Gasteiger charge is 2.57. The standard InChI is InChI=1S/C62H87N3O15/c1-11-44-31-37(2)30-38(3)32-51(75-9)54-52(76-10)34-41(6)62(74,79-54)55(67)56(68)65-29-19-18-24-48(65)58(71)78-53(39(4)25-28-49(44)66)40(5)33-43-26-27-46(50(36-43)77-45-22-16-13-17-23-45)63-59(72)61(7,8)80-60(73)64-47(57(69)70)35-42-20-14-12-15-21-42/h12-17,20-23,31,33,38-39,41,43-44,46-48,50-54,74H,11,18-19,24-30,32,34-36H2,1-10H3,(H,63,72)(H,64,73)(H,69,70)/b37-31+,40-33?/t38?,39?,41?,43?,44?,46?,47-,48?,50?,51?,52?,53?,54?,62?/m0/s1. The number of carbonyl (C=O) groups excluding carboxylic acids is 6. The number of rotatable bonds is 14. The molecule has 18 heteroatoms. The van der Waals surface area contributed by atoms with E-state index in [2.05, 4.69) is 17.6 Å². The number of carboxylic acid groups (broad SMARTS) is 1. The van der Waals surface area contributed by atoms with Gasteiger partial charge in [0.1, 0.15) is 41.9 Å². The van der Waals surface area contributed by atoms with Crippen molar-refractivity contribution >= 4 is 41.4 Å². The van der Waals surface area contributed by atoms with Crippen LogP contribution in [0.15, 0.2) is 84.0 Å². The molecular formula is C62H87N3O15. The summed E-state index contributed by atoms with van der Waals surface area (Å²) in [6.07, 6.45) is 4.66. The number of nitrogens with zero attached hydrogens (tertiary/aromatic N) is 1. The second-order valence-corrected chi connectivity index (χ2v) is 23.4. The lowest BCUT2D eigenvalue weighted by Gasteiger charge is -2.47. The molecule has 14 atom stereocenters. The quantitative estimate of drug-likeness (QED) is 0.0791. The molecule has 3 fully saturated rings. The van der Waals surface area contributed by atoms with Gasteiger partial charge in [-0.15, -0.1) is 0 Å². The molecule has 0 aromatic heterocycles. The number of hydrogen-bond acceptors (Lipinski definition) is 14. The first-order valence-corrected chi connectivity index (χ1v) is 28.7. The Morgan fingerprint density at radius 3 is 2.20 bits per heavy atom. The number of ketones is 2. The van der Waals surface area contributed by atoms with Gasteiger partial charge >= 0.3 is 18.0 Å². The Hall–Kier alpha value is -5.95. The number of carbonyl (C=O) groups is 7. The molecule has 1 aliphatic carbocycles. The summed E-state index contributed by atoms with van der Waals surface area (Å²) in [6, 6.07) is 15.0. The van der Waals surface area contributed by atoms with E-state index >= 15 is 0 Å². The van der Waals surface area contributed by atoms with Crippen LogP contribution in [0.25, 0.3) is 0 Å². The van der Waals surface area contributed by atoms with Gasteiger partial charge in [0.25, 0.3) is 17.6 Å². The number of amides is 3. The molecule has 0 radical (unpaired) electrons. The summed E-state index contributed by atoms with van der Waals surface area (Å²) in [4.78, 5) is 98.4. The molecule has 3 aliphatic heterocycles. The van der Waals surface area contributed by atoms with Gasteiger partial charge in [0.2, 0.25) is 5.79 Å². The first kappa shape index (κ1) is 63.2. The predicted octanol–water partition coefficient (Wildman–Crippen LogP) is 8.26. The van der Waals surface area contributed by atoms with Gasteiger partial charge in [-0.2, -0.15) is 0 Å². The zero-order valence-corrected chi connectivity index (χ0v) is 48.5. The van der Waals surface area contributed by atoms with Crippen LogP contribution in [0.2, 0.25) is 0 Å². The van der Waals surface area contributed by atoms with Crippen LogP contribution in [0.4, 0.5) is 4.79 Å². The Morgan fingerprint density at radius 2 is 1.55 bits per heavy atom. The van der Waals surface area contributed by atoms with Crippen molar-refractivity contribution in [3.63, 3.8) is 0 Å². The van der Waals surface area contributed by atoms with Gasteiger partial charge in [-0.05, 0) is 139 Å². The van der Waals surface area contributed by atoms with Crippen LogP contribution in [-0.4, -0.2) is 137 Å². The minimum atomic E-state index is -2.54. The lowest BCUT2D eigenvalue weighted by molar-refractivity contribution is -0.302. The van der Waals surface area contributed by atoms with Gasteiger partial charge in [0.15, 0.2) is 5.60 Å². The largest absolute Gasteiger partial charge is 0.488 e. The van der Waals surface area contributed by atoms with E-state index in [1.807, 2.05) is 70.2 Å². The number of aliphatic hydroxyl groups is 1. The number of allylic oxidation sites excluding steroid dienone is 3. The first-order valence-electron chi connectivity index (χ1n) is 28.7. The summed E-state index contributed by atoms with van der Waals surface area (Å²) in [6.45, 7) is 14.4. The van der Waals surface area contributed by atoms with E-state index in [0.29, 0.717) is 74.7 Å². The van der Waals surface area contributed by atoms with Crippen LogP contribution < -0.4 is 15.4 Å². The number of hydrogen-bond donors (Lipinski definition) is 4. The summed E-state index contributed by atoms with van der Waals surface area (Å²) in [7, 11) is 3.07. The lowest BCUT2D eigenvalue weighted by Crippen LogP contribution is -2.64. The maximum Gasteiger partial charge on any atom is 0.408 e. The summed E-state index contributed by atoms with van der Waals surface area (Å²) >= 11 is 0. The van der Waals surface area contributed by atoms with Crippen molar-refractivity contribution < 1.29 is 72.2 Å². The monoisotopic (exact) mass is 1110 g/mol. The number of aliphatic carboxylic acids is 1. The third kappa shape index (κ3) is 16.4. The highest BCUT2D eigenvalue weighted by Crippen LogP contribution is 2.40. The lowest BCUT2D eigenvalue weighted by atomic mass is 9.81. The topological polar surface area (TPSA) is 243 Å². The molecule has 2 aromatic rings. The van der Waals surface area contributed by atoms with Gasteiger partial charge in [0, 0.05) is 45.4 Å². The summed E-state index contributed by atoms with van der Waals surface area (Å²) < 4.78 is 36.8. The van der Waals surface area contributed by atoms with Crippen LogP contribution in [0.3, 0.4) is 0 Å². The first-order chi connectivity index (χ1) is 38.0. The van der Waals surface area contributed by atoms with Gasteiger partial charge in [-0.25, -0.2) is 14.4 Å². The Labute approximate surface area is 472 Å². The Morgan fingerprint density at radius 1 is 0.887 bits per heavy atom. The zero-order chi connectivity index (χ0) is 58.5. The summed E-state index contributed by atoms with van der Waals surface area (Å²) in [5.41, 5.74) is 0.704. The number of alkyl carbamates (subject to hydrolysis) is 1. The van der Waals surface area contributed by atoms with Crippen LogP contribution >= 0.6 is 0 Å². The molecule has 80 heavy (non-hydrogen) atoms. The van der Waals surface area contributed by atoms with Gasteiger partial charge in [0.05, 0.1) is 18.2 Å². The van der Waals surface area contributed by atoms with E-state index in [0.717, 1.165) is 5.57 Å². The number of methoxy groups -OCH3 is 2. The maximum atomic E-state index is 14.7. The minimum Gasteiger partial charge on any atom is -0.488 e. The molecule has 3 heterocycles. The molecule has 4 aliphatic rings. The predicted molar refractivity (Wildman–Crippen MR) is 298 cm³/mol. The average Bonchev–Trinajstić information content (AvgIpc) is 3.58. The number of piperidine rings is 1. The molecule has 2 bridgehead atoms. The van der Waals surface area contributed by atoms with E-state index in [1.165, 1.54) is 33.0 Å². The van der Waals surface area contributed by atoms with E-state index in [4.69, 9.17) is 28.4 Å². The third-order valence-corrected chi connectivity index (χ3v) is 16.6. The Bertz CT molecular complexity index is 2520. The number of carboxylic acids is 1. The number of nitrogens with one attached hydrogen (secondary N) is 2.